The number of hydrogen-bond donors (Lipinski definition) is 0. The summed E-state index contributed by atoms with van der Waals surface area (Å²) < 4.78 is 0. The fourth-order valence-electron chi connectivity index (χ4n) is 2.13. The van der Waals surface area contributed by atoms with Gasteiger partial charge in [0, 0.05) is 17.8 Å². The third-order valence-electron chi connectivity index (χ3n) is 2.82. The molecule has 0 bridgehead atoms. The van der Waals surface area contributed by atoms with Gasteiger partial charge >= 0.3 is 0 Å². The third-order valence-corrected chi connectivity index (χ3v) is 2.82. The van der Waals surface area contributed by atoms with Gasteiger partial charge in [-0.3, -0.25) is 0 Å². The fourth-order valence-corrected chi connectivity index (χ4v) is 2.13. The van der Waals surface area contributed by atoms with E-state index >= 15 is 0 Å². The van der Waals surface area contributed by atoms with Crippen LogP contribution >= 0.6 is 0 Å². The first-order valence-electron chi connectivity index (χ1n) is 4.97. The Bertz CT molecular complexity index is 379. The van der Waals surface area contributed by atoms with Gasteiger partial charge < -0.3 is 4.90 Å². The number of para-hydroxylation sites is 1. The van der Waals surface area contributed by atoms with Gasteiger partial charge in [0.2, 0.25) is 0 Å². The maximum absolute atomic E-state index is 4.13. The molecule has 1 aliphatic heterocycles. The summed E-state index contributed by atoms with van der Waals surface area (Å²) in [6, 6.07) is 8.68. The molecule has 1 unspecified atom stereocenters. The van der Waals surface area contributed by atoms with E-state index < -0.39 is 0 Å². The van der Waals surface area contributed by atoms with Crippen molar-refractivity contribution in [3.8, 4) is 0 Å². The van der Waals surface area contributed by atoms with Crippen LogP contribution in [0.15, 0.2) is 43.5 Å². The maximum Gasteiger partial charge on any atom is 0.0724 e. The van der Waals surface area contributed by atoms with E-state index in [9.17, 15) is 0 Å². The molecule has 0 aromatic heterocycles. The minimum Gasteiger partial charge on any atom is -0.361 e. The summed E-state index contributed by atoms with van der Waals surface area (Å²) in [5.74, 6) is 0. The van der Waals surface area contributed by atoms with E-state index in [4.69, 9.17) is 0 Å². The van der Waals surface area contributed by atoms with E-state index in [1.807, 2.05) is 6.08 Å². The number of likely N-dealkylation sites (N-methyl/N-ethyl adjacent to an activating group) is 1. The Kier molecular flexibility index (Phi) is 2.16. The second-order valence-electron chi connectivity index (χ2n) is 3.51. The summed E-state index contributed by atoms with van der Waals surface area (Å²) in [5, 5.41) is 0. The largest absolute Gasteiger partial charge is 0.361 e. The molecule has 1 nitrogen and oxygen atoms in total. The van der Waals surface area contributed by atoms with Crippen molar-refractivity contribution in [2.45, 2.75) is 13.0 Å². The van der Waals surface area contributed by atoms with Crippen molar-refractivity contribution in [1.82, 2.24) is 0 Å². The molecule has 0 saturated carbocycles. The van der Waals surface area contributed by atoms with E-state index in [2.05, 4.69) is 49.2 Å². The smallest absolute Gasteiger partial charge is 0.0724 e. The predicted octanol–water partition coefficient (Wildman–Crippen LogP) is 3.09. The van der Waals surface area contributed by atoms with E-state index in [0.29, 0.717) is 0 Å². The molecule has 14 heavy (non-hydrogen) atoms. The van der Waals surface area contributed by atoms with Gasteiger partial charge in [0.15, 0.2) is 0 Å². The summed E-state index contributed by atoms with van der Waals surface area (Å²) in [4.78, 5) is 2.32. The lowest BCUT2D eigenvalue weighted by atomic mass is 10.0. The summed E-state index contributed by atoms with van der Waals surface area (Å²) in [6.45, 7) is 11.2. The zero-order chi connectivity index (χ0) is 10.1. The molecule has 0 fully saturated rings. The molecule has 1 aromatic carbocycles. The van der Waals surface area contributed by atoms with Crippen molar-refractivity contribution >= 4 is 11.3 Å². The van der Waals surface area contributed by atoms with Gasteiger partial charge in [-0.25, -0.2) is 0 Å². The quantitative estimate of drug-likeness (QED) is 0.640. The number of fused-ring (bicyclic) bond motifs is 1. The summed E-state index contributed by atoms with van der Waals surface area (Å²) in [5.41, 5.74) is 3.71. The molecular weight excluding hydrogens is 170 g/mol. The second kappa shape index (κ2) is 3.33. The van der Waals surface area contributed by atoms with Crippen LogP contribution in [0.2, 0.25) is 0 Å². The summed E-state index contributed by atoms with van der Waals surface area (Å²) >= 11 is 0. The minimum absolute atomic E-state index is 0.275. The molecule has 1 heteroatoms. The maximum atomic E-state index is 4.13. The highest BCUT2D eigenvalue weighted by Gasteiger charge is 2.28. The van der Waals surface area contributed by atoms with Crippen LogP contribution in [0.4, 0.5) is 5.69 Å². The zero-order valence-corrected chi connectivity index (χ0v) is 8.53. The Morgan fingerprint density at radius 1 is 1.43 bits per heavy atom. The Balaban J connectivity index is 2.54. The lowest BCUT2D eigenvalue weighted by molar-refractivity contribution is 0.851. The van der Waals surface area contributed by atoms with Gasteiger partial charge in [0.05, 0.1) is 6.04 Å². The monoisotopic (exact) mass is 185 g/mol. The summed E-state index contributed by atoms with van der Waals surface area (Å²) in [7, 11) is 0. The van der Waals surface area contributed by atoms with Crippen LogP contribution in [0.5, 0.6) is 0 Å². The van der Waals surface area contributed by atoms with Crippen LogP contribution in [0.25, 0.3) is 5.57 Å². The van der Waals surface area contributed by atoms with Gasteiger partial charge in [-0.15, -0.1) is 6.58 Å². The van der Waals surface area contributed by atoms with Crippen LogP contribution in [-0.2, 0) is 0 Å². The average molecular weight is 185 g/mol. The predicted molar refractivity (Wildman–Crippen MR) is 62.5 cm³/mol. The molecule has 0 saturated heterocycles. The zero-order valence-electron chi connectivity index (χ0n) is 8.53. The Hall–Kier alpha value is -1.50. The third kappa shape index (κ3) is 1.09. The molecule has 0 spiro atoms. The van der Waals surface area contributed by atoms with Crippen molar-refractivity contribution in [3.63, 3.8) is 0 Å². The minimum atomic E-state index is 0.275. The second-order valence-corrected chi connectivity index (χ2v) is 3.51. The fraction of sp³-hybridized carbons (Fsp3) is 0.231. The number of nitrogens with zero attached hydrogens (tertiary/aromatic N) is 1. The van der Waals surface area contributed by atoms with Gasteiger partial charge in [-0.2, -0.15) is 0 Å². The first-order valence-corrected chi connectivity index (χ1v) is 4.97. The number of rotatable bonds is 2. The molecule has 0 N–H and O–H groups in total. The van der Waals surface area contributed by atoms with Crippen molar-refractivity contribution < 1.29 is 0 Å². The van der Waals surface area contributed by atoms with Crippen LogP contribution in [0.3, 0.4) is 0 Å². The highest BCUT2D eigenvalue weighted by molar-refractivity contribution is 5.87. The van der Waals surface area contributed by atoms with Crippen LogP contribution in [0.1, 0.15) is 12.5 Å². The normalized spacial score (nSPS) is 19.6. The first-order chi connectivity index (χ1) is 6.79. The highest BCUT2D eigenvalue weighted by atomic mass is 15.2. The Morgan fingerprint density at radius 2 is 2.14 bits per heavy atom. The van der Waals surface area contributed by atoms with E-state index in [-0.39, 0.29) is 6.04 Å². The van der Waals surface area contributed by atoms with E-state index in [0.717, 1.165) is 12.1 Å². The topological polar surface area (TPSA) is 3.24 Å². The standard InChI is InChI=1S/C13H15N/c1-4-12-10(3)11-8-6-7-9-13(11)14(12)5-2/h4,6-9,12H,1,3,5H2,2H3. The van der Waals surface area contributed by atoms with E-state index in [1.54, 1.807) is 0 Å². The molecule has 1 aromatic rings. The van der Waals surface area contributed by atoms with Gasteiger partial charge in [0.25, 0.3) is 0 Å². The molecule has 1 aliphatic rings. The van der Waals surface area contributed by atoms with Crippen molar-refractivity contribution in [2.75, 3.05) is 11.4 Å². The summed E-state index contributed by atoms with van der Waals surface area (Å²) in [6.07, 6.45) is 1.96. The molecule has 1 heterocycles. The van der Waals surface area contributed by atoms with Crippen LogP contribution in [-0.4, -0.2) is 12.6 Å². The molecular formula is C13H15N. The van der Waals surface area contributed by atoms with Crippen molar-refractivity contribution in [1.29, 1.82) is 0 Å². The van der Waals surface area contributed by atoms with E-state index in [1.165, 1.54) is 11.3 Å². The van der Waals surface area contributed by atoms with Crippen LogP contribution in [0, 0.1) is 0 Å². The van der Waals surface area contributed by atoms with Gasteiger partial charge in [-0.1, -0.05) is 30.9 Å². The molecule has 2 rings (SSSR count). The highest BCUT2D eigenvalue weighted by Crippen LogP contribution is 2.39. The Labute approximate surface area is 85.4 Å². The lowest BCUT2D eigenvalue weighted by Gasteiger charge is -2.23. The van der Waals surface area contributed by atoms with Gasteiger partial charge in [-0.05, 0) is 18.6 Å². The SMILES string of the molecule is C=CC1C(=C)c2ccccc2N1CC. The average Bonchev–Trinajstić information content (AvgIpc) is 2.51. The molecule has 0 radical (unpaired) electrons. The number of hydrogen-bond acceptors (Lipinski definition) is 1. The molecule has 72 valence electrons. The Morgan fingerprint density at radius 3 is 2.79 bits per heavy atom. The van der Waals surface area contributed by atoms with Crippen LogP contribution < -0.4 is 4.90 Å². The number of anilines is 1. The van der Waals surface area contributed by atoms with Crippen molar-refractivity contribution in [2.24, 2.45) is 0 Å². The van der Waals surface area contributed by atoms with Crippen molar-refractivity contribution in [3.05, 3.63) is 49.1 Å². The molecule has 1 atom stereocenters. The first kappa shape index (κ1) is 9.07. The molecule has 0 aliphatic carbocycles. The van der Waals surface area contributed by atoms with Gasteiger partial charge in [0.1, 0.15) is 0 Å². The molecule has 0 amide bonds. The number of benzene rings is 1. The lowest BCUT2D eigenvalue weighted by Crippen LogP contribution is -2.28.